The number of hydrogen-bond acceptors (Lipinski definition) is 6. The van der Waals surface area contributed by atoms with Crippen LogP contribution in [0.2, 0.25) is 0 Å². The van der Waals surface area contributed by atoms with E-state index in [1.54, 1.807) is 0 Å². The Hall–Kier alpha value is -2.39. The van der Waals surface area contributed by atoms with Gasteiger partial charge in [0.25, 0.3) is 5.91 Å². The van der Waals surface area contributed by atoms with Crippen molar-refractivity contribution < 1.29 is 24.2 Å². The van der Waals surface area contributed by atoms with Gasteiger partial charge in [-0.05, 0) is 30.4 Å². The highest BCUT2D eigenvalue weighted by Crippen LogP contribution is 2.32. The standard InChI is InChI=1S/C13H7FN2O4S2/c14-5-1-2-7-6(3-5)9(11(19)15-7)10-12(20)16(4-8(17)18)13(21)22-10/h1-3,20H,4H2,(H,17,18)/p-1. The van der Waals surface area contributed by atoms with E-state index in [0.717, 1.165) is 22.0 Å². The maximum absolute atomic E-state index is 13.4. The fourth-order valence-electron chi connectivity index (χ4n) is 2.13. The fourth-order valence-corrected chi connectivity index (χ4v) is 3.47. The number of aromatic hydroxyl groups is 1. The van der Waals surface area contributed by atoms with E-state index in [9.17, 15) is 24.2 Å². The SMILES string of the molecule is O=C([O-])Cn1c(O)c(C2=c3cc(F)ccc3=NC2=O)sc1=S. The monoisotopic (exact) mass is 337 g/mol. The van der Waals surface area contributed by atoms with Crippen LogP contribution in [0.15, 0.2) is 23.2 Å². The van der Waals surface area contributed by atoms with Crippen LogP contribution in [0, 0.1) is 9.77 Å². The third-order valence-corrected chi connectivity index (χ3v) is 4.50. The van der Waals surface area contributed by atoms with Gasteiger partial charge in [0, 0.05) is 5.22 Å². The van der Waals surface area contributed by atoms with E-state index in [2.05, 4.69) is 4.99 Å². The maximum atomic E-state index is 13.4. The van der Waals surface area contributed by atoms with Crippen molar-refractivity contribution in [3.63, 3.8) is 0 Å². The molecule has 0 aliphatic carbocycles. The summed E-state index contributed by atoms with van der Waals surface area (Å²) in [5.74, 6) is -3.12. The molecule has 2 aromatic rings. The summed E-state index contributed by atoms with van der Waals surface area (Å²) < 4.78 is 14.4. The van der Waals surface area contributed by atoms with Crippen molar-refractivity contribution in [3.8, 4) is 5.88 Å². The molecule has 112 valence electrons. The lowest BCUT2D eigenvalue weighted by Crippen LogP contribution is -2.27. The Bertz CT molecular complexity index is 1010. The Labute approximate surface area is 131 Å². The van der Waals surface area contributed by atoms with Crippen LogP contribution in [0.1, 0.15) is 4.88 Å². The average Bonchev–Trinajstić information content (AvgIpc) is 2.88. The van der Waals surface area contributed by atoms with Crippen LogP contribution in [0.5, 0.6) is 5.88 Å². The number of thiazole rings is 1. The van der Waals surface area contributed by atoms with Crippen LogP contribution in [0.3, 0.4) is 0 Å². The first-order chi connectivity index (χ1) is 10.4. The highest BCUT2D eigenvalue weighted by atomic mass is 32.1. The zero-order chi connectivity index (χ0) is 16.0. The molecule has 0 radical (unpaired) electrons. The van der Waals surface area contributed by atoms with E-state index >= 15 is 0 Å². The first-order valence-corrected chi connectivity index (χ1v) is 7.16. The summed E-state index contributed by atoms with van der Waals surface area (Å²) in [4.78, 5) is 26.6. The van der Waals surface area contributed by atoms with Gasteiger partial charge in [0.1, 0.15) is 10.7 Å². The van der Waals surface area contributed by atoms with Crippen molar-refractivity contribution >= 4 is 41.0 Å². The molecular weight excluding hydrogens is 331 g/mol. The molecule has 0 unspecified atom stereocenters. The van der Waals surface area contributed by atoms with Crippen molar-refractivity contribution in [2.75, 3.05) is 0 Å². The third-order valence-electron chi connectivity index (χ3n) is 3.05. The van der Waals surface area contributed by atoms with E-state index in [4.69, 9.17) is 12.2 Å². The predicted molar refractivity (Wildman–Crippen MR) is 74.5 cm³/mol. The van der Waals surface area contributed by atoms with Gasteiger partial charge in [-0.3, -0.25) is 9.36 Å². The lowest BCUT2D eigenvalue weighted by molar-refractivity contribution is -0.306. The molecule has 0 bridgehead atoms. The summed E-state index contributed by atoms with van der Waals surface area (Å²) in [6.45, 7) is -0.643. The molecule has 3 rings (SSSR count). The summed E-state index contributed by atoms with van der Waals surface area (Å²) in [6.07, 6.45) is 0. The van der Waals surface area contributed by atoms with Gasteiger partial charge in [0.15, 0.2) is 3.95 Å². The number of halogens is 1. The van der Waals surface area contributed by atoms with E-state index < -0.39 is 30.1 Å². The molecule has 0 spiro atoms. The Balaban J connectivity index is 2.31. The number of carbonyl (C=O) groups excluding carboxylic acids is 2. The van der Waals surface area contributed by atoms with Crippen molar-refractivity contribution in [1.82, 2.24) is 4.57 Å². The number of carboxylic acids is 1. The van der Waals surface area contributed by atoms with Gasteiger partial charge in [-0.15, -0.1) is 11.3 Å². The highest BCUT2D eigenvalue weighted by molar-refractivity contribution is 7.73. The smallest absolute Gasteiger partial charge is 0.279 e. The van der Waals surface area contributed by atoms with Crippen molar-refractivity contribution in [3.05, 3.63) is 43.4 Å². The van der Waals surface area contributed by atoms with Crippen LogP contribution in [-0.2, 0) is 16.1 Å². The number of fused-ring (bicyclic) bond motifs is 1. The predicted octanol–water partition coefficient (Wildman–Crippen LogP) is -0.768. The number of hydrogen-bond donors (Lipinski definition) is 1. The minimum absolute atomic E-state index is 0.000183. The molecule has 22 heavy (non-hydrogen) atoms. The number of carboxylic acid groups (broad SMARTS) is 1. The number of rotatable bonds is 3. The maximum Gasteiger partial charge on any atom is 0.279 e. The minimum Gasteiger partial charge on any atom is -0.548 e. The molecule has 0 atom stereocenters. The van der Waals surface area contributed by atoms with Crippen LogP contribution in [0.25, 0.3) is 5.57 Å². The van der Waals surface area contributed by atoms with Gasteiger partial charge in [-0.25, -0.2) is 9.38 Å². The summed E-state index contributed by atoms with van der Waals surface area (Å²) in [5.41, 5.74) is 0.000183. The second-order valence-electron chi connectivity index (χ2n) is 4.43. The van der Waals surface area contributed by atoms with E-state index in [1.165, 1.54) is 12.1 Å². The molecule has 1 amide bonds. The van der Waals surface area contributed by atoms with Gasteiger partial charge >= 0.3 is 0 Å². The normalized spacial score (nSPS) is 13.1. The van der Waals surface area contributed by atoms with Crippen LogP contribution in [0.4, 0.5) is 4.39 Å². The number of aromatic nitrogens is 1. The number of aliphatic carboxylic acids is 1. The Morgan fingerprint density at radius 2 is 2.23 bits per heavy atom. The summed E-state index contributed by atoms with van der Waals surface area (Å²) in [5, 5.41) is 21.3. The highest BCUT2D eigenvalue weighted by Gasteiger charge is 2.25. The molecule has 0 saturated heterocycles. The van der Waals surface area contributed by atoms with Crippen molar-refractivity contribution in [2.24, 2.45) is 4.99 Å². The molecule has 1 aliphatic heterocycles. The molecular formula is C13H6FN2O4S2-. The summed E-state index contributed by atoms with van der Waals surface area (Å²) >= 11 is 5.83. The molecule has 0 fully saturated rings. The molecule has 1 aromatic heterocycles. The summed E-state index contributed by atoms with van der Waals surface area (Å²) in [6, 6.07) is 3.65. The zero-order valence-electron chi connectivity index (χ0n) is 10.7. The molecule has 9 heteroatoms. The Morgan fingerprint density at radius 1 is 1.50 bits per heavy atom. The quantitative estimate of drug-likeness (QED) is 0.743. The van der Waals surface area contributed by atoms with Gasteiger partial charge in [0.2, 0.25) is 5.88 Å². The lowest BCUT2D eigenvalue weighted by Gasteiger charge is -2.05. The summed E-state index contributed by atoms with van der Waals surface area (Å²) in [7, 11) is 0. The Kier molecular flexibility index (Phi) is 3.38. The molecule has 1 N–H and O–H groups in total. The largest absolute Gasteiger partial charge is 0.548 e. The second kappa shape index (κ2) is 5.11. The van der Waals surface area contributed by atoms with Gasteiger partial charge in [-0.1, -0.05) is 0 Å². The van der Waals surface area contributed by atoms with Crippen LogP contribution in [-0.4, -0.2) is 21.6 Å². The topological polar surface area (TPSA) is 94.7 Å². The van der Waals surface area contributed by atoms with Crippen LogP contribution >= 0.6 is 23.6 Å². The second-order valence-corrected chi connectivity index (χ2v) is 6.08. The number of carbonyl (C=O) groups is 2. The van der Waals surface area contributed by atoms with E-state index in [0.29, 0.717) is 0 Å². The van der Waals surface area contributed by atoms with E-state index in [1.807, 2.05) is 0 Å². The molecule has 1 aromatic carbocycles. The van der Waals surface area contributed by atoms with Crippen molar-refractivity contribution in [2.45, 2.75) is 6.54 Å². The van der Waals surface area contributed by atoms with E-state index in [-0.39, 0.29) is 25.0 Å². The van der Waals surface area contributed by atoms with Crippen LogP contribution < -0.4 is 15.7 Å². The first-order valence-electron chi connectivity index (χ1n) is 5.94. The minimum atomic E-state index is -1.44. The number of nitrogens with zero attached hydrogens (tertiary/aromatic N) is 2. The third kappa shape index (κ3) is 2.24. The molecule has 1 aliphatic rings. The lowest BCUT2D eigenvalue weighted by atomic mass is 10.1. The zero-order valence-corrected chi connectivity index (χ0v) is 12.3. The molecule has 6 nitrogen and oxygen atoms in total. The van der Waals surface area contributed by atoms with Gasteiger partial charge < -0.3 is 15.0 Å². The Morgan fingerprint density at radius 3 is 2.91 bits per heavy atom. The average molecular weight is 337 g/mol. The number of benzene rings is 1. The van der Waals surface area contributed by atoms with Gasteiger partial charge in [-0.2, -0.15) is 0 Å². The van der Waals surface area contributed by atoms with Crippen molar-refractivity contribution in [1.29, 1.82) is 0 Å². The van der Waals surface area contributed by atoms with Gasteiger partial charge in [0.05, 0.1) is 23.4 Å². The first kappa shape index (κ1) is 14.5. The number of amides is 1. The molecule has 2 heterocycles. The molecule has 0 saturated carbocycles. The fraction of sp³-hybridized carbons (Fsp3) is 0.0769.